The van der Waals surface area contributed by atoms with Crippen LogP contribution in [0.4, 0.5) is 0 Å². The lowest BCUT2D eigenvalue weighted by Crippen LogP contribution is -2.37. The zero-order chi connectivity index (χ0) is 14.9. The Labute approximate surface area is 128 Å². The molecule has 5 nitrogen and oxygen atoms in total. The van der Waals surface area contributed by atoms with E-state index in [-0.39, 0.29) is 18.3 Å². The van der Waals surface area contributed by atoms with Gasteiger partial charge in [0.1, 0.15) is 6.10 Å². The van der Waals surface area contributed by atoms with Gasteiger partial charge in [0.25, 0.3) is 0 Å². The summed E-state index contributed by atoms with van der Waals surface area (Å²) in [5, 5.41) is 0. The molecule has 0 amide bonds. The predicted molar refractivity (Wildman–Crippen MR) is 76.5 cm³/mol. The van der Waals surface area contributed by atoms with E-state index in [4.69, 9.17) is 13.9 Å². The van der Waals surface area contributed by atoms with E-state index in [9.17, 15) is 8.42 Å². The number of benzene rings is 1. The highest BCUT2D eigenvalue weighted by Crippen LogP contribution is 2.37. The number of sulfone groups is 1. The third-order valence-electron chi connectivity index (χ3n) is 3.91. The van der Waals surface area contributed by atoms with Crippen LogP contribution in [0.5, 0.6) is 0 Å². The minimum Gasteiger partial charge on any atom is -0.413 e. The van der Waals surface area contributed by atoms with Crippen molar-refractivity contribution in [3.63, 3.8) is 0 Å². The largest absolute Gasteiger partial charge is 0.413 e. The molecule has 4 atom stereocenters. The smallest absolute Gasteiger partial charge is 0.246 e. The van der Waals surface area contributed by atoms with E-state index in [1.807, 2.05) is 0 Å². The molecule has 7 heteroatoms. The average Bonchev–Trinajstić information content (AvgIpc) is 3.29. The zero-order valence-electron chi connectivity index (χ0n) is 11.5. The second-order valence-electron chi connectivity index (χ2n) is 5.34. The van der Waals surface area contributed by atoms with Gasteiger partial charge < -0.3 is 13.9 Å². The predicted octanol–water partition coefficient (Wildman–Crippen LogP) is 1.22. The second kappa shape index (κ2) is 6.17. The van der Waals surface area contributed by atoms with Crippen molar-refractivity contribution in [3.8, 4) is 0 Å². The summed E-state index contributed by atoms with van der Waals surface area (Å²) in [6.07, 6.45) is 1.88. The SMILES string of the molecule is O=S(=O)(c1ccccc1)C1OC1C[C@@H]1OCCC[C@H]1O[Si]. The molecule has 2 unspecified atom stereocenters. The van der Waals surface area contributed by atoms with Crippen LogP contribution in [0.15, 0.2) is 35.2 Å². The van der Waals surface area contributed by atoms with Gasteiger partial charge in [0, 0.05) is 13.0 Å². The summed E-state index contributed by atoms with van der Waals surface area (Å²) < 4.78 is 41.1. The molecule has 3 rings (SSSR count). The minimum atomic E-state index is -3.42. The summed E-state index contributed by atoms with van der Waals surface area (Å²) in [4.78, 5) is 0.301. The lowest BCUT2D eigenvalue weighted by atomic mass is 10.0. The van der Waals surface area contributed by atoms with E-state index in [1.165, 1.54) is 0 Å². The molecular formula is C14H17O5SSi. The summed E-state index contributed by atoms with van der Waals surface area (Å²) in [5.74, 6) is 0. The summed E-state index contributed by atoms with van der Waals surface area (Å²) in [5.41, 5.74) is -0.763. The van der Waals surface area contributed by atoms with Gasteiger partial charge in [0.15, 0.2) is 5.44 Å². The Morgan fingerprint density at radius 3 is 2.71 bits per heavy atom. The Morgan fingerprint density at radius 2 is 2.00 bits per heavy atom. The van der Waals surface area contributed by atoms with E-state index >= 15 is 0 Å². The van der Waals surface area contributed by atoms with Gasteiger partial charge in [-0.1, -0.05) is 18.2 Å². The topological polar surface area (TPSA) is 65.1 Å². The van der Waals surface area contributed by atoms with Crippen LogP contribution < -0.4 is 0 Å². The van der Waals surface area contributed by atoms with Crippen molar-refractivity contribution >= 4 is 20.3 Å². The molecule has 0 aliphatic carbocycles. The fraction of sp³-hybridized carbons (Fsp3) is 0.571. The van der Waals surface area contributed by atoms with Crippen LogP contribution in [0.3, 0.4) is 0 Å². The first-order valence-electron chi connectivity index (χ1n) is 7.01. The maximum atomic E-state index is 12.4. The van der Waals surface area contributed by atoms with Gasteiger partial charge >= 0.3 is 0 Å². The van der Waals surface area contributed by atoms with Crippen LogP contribution in [-0.2, 0) is 23.7 Å². The first-order chi connectivity index (χ1) is 10.1. The Bertz CT molecular complexity index is 576. The van der Waals surface area contributed by atoms with Crippen molar-refractivity contribution < 1.29 is 22.3 Å². The first-order valence-corrected chi connectivity index (χ1v) is 8.97. The Hall–Kier alpha value is -0.733. The highest BCUT2D eigenvalue weighted by Gasteiger charge is 2.51. The van der Waals surface area contributed by atoms with Crippen molar-refractivity contribution in [1.82, 2.24) is 0 Å². The van der Waals surface area contributed by atoms with Crippen LogP contribution in [-0.4, -0.2) is 49.3 Å². The quantitative estimate of drug-likeness (QED) is 0.602. The summed E-state index contributed by atoms with van der Waals surface area (Å²) >= 11 is 0. The monoisotopic (exact) mass is 325 g/mol. The van der Waals surface area contributed by atoms with E-state index in [0.29, 0.717) is 17.9 Å². The fourth-order valence-corrected chi connectivity index (χ4v) is 4.58. The number of epoxide rings is 1. The molecule has 3 radical (unpaired) electrons. The van der Waals surface area contributed by atoms with Gasteiger partial charge in [-0.15, -0.1) is 0 Å². The highest BCUT2D eigenvalue weighted by molar-refractivity contribution is 7.92. The average molecular weight is 325 g/mol. The van der Waals surface area contributed by atoms with Crippen molar-refractivity contribution in [1.29, 1.82) is 0 Å². The number of hydrogen-bond acceptors (Lipinski definition) is 5. The van der Waals surface area contributed by atoms with Gasteiger partial charge in [-0.3, -0.25) is 0 Å². The van der Waals surface area contributed by atoms with E-state index in [2.05, 4.69) is 10.5 Å². The van der Waals surface area contributed by atoms with E-state index in [1.54, 1.807) is 30.3 Å². The molecule has 2 saturated heterocycles. The van der Waals surface area contributed by atoms with Crippen molar-refractivity contribution in [2.45, 2.75) is 47.9 Å². The van der Waals surface area contributed by atoms with Gasteiger partial charge in [-0.2, -0.15) is 0 Å². The minimum absolute atomic E-state index is 0.0558. The van der Waals surface area contributed by atoms with Crippen LogP contribution in [0, 0.1) is 0 Å². The number of rotatable bonds is 5. The van der Waals surface area contributed by atoms with Gasteiger partial charge in [0.05, 0.1) is 17.1 Å². The van der Waals surface area contributed by atoms with Crippen molar-refractivity contribution in [2.75, 3.05) is 6.61 Å². The van der Waals surface area contributed by atoms with Crippen LogP contribution in [0.2, 0.25) is 0 Å². The molecule has 1 aromatic carbocycles. The Balaban J connectivity index is 1.64. The standard InChI is InChI=1S/C14H17O5SSi/c15-20(16,10-5-2-1-3-6-10)14-13(18-14)9-12-11(19-21)7-4-8-17-12/h1-3,5-6,11-14H,4,7-9H2/t11-,12+,13?,14?/m1/s1. The Morgan fingerprint density at radius 1 is 1.24 bits per heavy atom. The maximum absolute atomic E-state index is 12.4. The summed E-state index contributed by atoms with van der Waals surface area (Å²) in [6.45, 7) is 0.680. The van der Waals surface area contributed by atoms with Gasteiger partial charge in [-0.05, 0) is 25.0 Å². The summed E-state index contributed by atoms with van der Waals surface area (Å²) in [7, 11) is -0.357. The zero-order valence-corrected chi connectivity index (χ0v) is 13.3. The van der Waals surface area contributed by atoms with Crippen molar-refractivity contribution in [3.05, 3.63) is 30.3 Å². The molecule has 0 spiro atoms. The second-order valence-corrected chi connectivity index (χ2v) is 7.61. The molecule has 2 aliphatic heterocycles. The van der Waals surface area contributed by atoms with E-state index < -0.39 is 15.3 Å². The highest BCUT2D eigenvalue weighted by atomic mass is 32.2. The third kappa shape index (κ3) is 3.22. The molecule has 0 N–H and O–H groups in total. The summed E-state index contributed by atoms with van der Waals surface area (Å²) in [6, 6.07) is 8.40. The maximum Gasteiger partial charge on any atom is 0.246 e. The Kier molecular flexibility index (Phi) is 4.46. The van der Waals surface area contributed by atoms with Gasteiger partial charge in [0.2, 0.25) is 20.3 Å². The molecule has 0 bridgehead atoms. The molecule has 2 aliphatic rings. The normalized spacial score (nSPS) is 32.8. The van der Waals surface area contributed by atoms with Crippen LogP contribution >= 0.6 is 0 Å². The number of hydrogen-bond donors (Lipinski definition) is 0. The molecule has 0 saturated carbocycles. The molecule has 2 fully saturated rings. The fourth-order valence-electron chi connectivity index (χ4n) is 2.71. The first kappa shape index (κ1) is 15.2. The molecular weight excluding hydrogens is 308 g/mol. The van der Waals surface area contributed by atoms with Crippen LogP contribution in [0.1, 0.15) is 19.3 Å². The molecule has 1 aromatic rings. The van der Waals surface area contributed by atoms with E-state index in [0.717, 1.165) is 12.8 Å². The number of ether oxygens (including phenoxy) is 2. The molecule has 2 heterocycles. The van der Waals surface area contributed by atoms with Crippen molar-refractivity contribution in [2.24, 2.45) is 0 Å². The van der Waals surface area contributed by atoms with Crippen LogP contribution in [0.25, 0.3) is 0 Å². The third-order valence-corrected chi connectivity index (χ3v) is 6.17. The lowest BCUT2D eigenvalue weighted by Gasteiger charge is -2.30. The van der Waals surface area contributed by atoms with Gasteiger partial charge in [-0.25, -0.2) is 8.42 Å². The lowest BCUT2D eigenvalue weighted by molar-refractivity contribution is -0.0662. The molecule has 113 valence electrons. The molecule has 21 heavy (non-hydrogen) atoms. The molecule has 0 aromatic heterocycles.